The molecule has 2 aliphatic rings. The molecule has 4 rings (SSSR count). The van der Waals surface area contributed by atoms with Gasteiger partial charge in [-0.1, -0.05) is 74.6 Å². The van der Waals surface area contributed by atoms with Gasteiger partial charge in [0.1, 0.15) is 29.9 Å². The Morgan fingerprint density at radius 2 is 1.52 bits per heavy atom. The quantitative estimate of drug-likeness (QED) is 0.159. The summed E-state index contributed by atoms with van der Waals surface area (Å²) in [6, 6.07) is 4.90. The van der Waals surface area contributed by atoms with Crippen LogP contribution in [0.5, 0.6) is 0 Å². The second kappa shape index (κ2) is 21.6. The summed E-state index contributed by atoms with van der Waals surface area (Å²) in [5.41, 5.74) is 6.49. The molecular formula is C38H49N9O7. The van der Waals surface area contributed by atoms with E-state index in [-0.39, 0.29) is 50.4 Å². The van der Waals surface area contributed by atoms with Crippen molar-refractivity contribution < 1.29 is 33.6 Å². The Bertz CT molecular complexity index is 1660. The van der Waals surface area contributed by atoms with Crippen molar-refractivity contribution in [1.29, 1.82) is 0 Å². The predicted octanol–water partition coefficient (Wildman–Crippen LogP) is 0.561. The van der Waals surface area contributed by atoms with Gasteiger partial charge in [-0.3, -0.25) is 38.5 Å². The first-order valence-electron chi connectivity index (χ1n) is 18.3. The number of carbonyl (C=O) groups excluding carboxylic acids is 7. The minimum absolute atomic E-state index is 0.0549. The van der Waals surface area contributed by atoms with E-state index in [0.717, 1.165) is 49.8 Å². The lowest BCUT2D eigenvalue weighted by molar-refractivity contribution is -0.133. The second-order valence-corrected chi connectivity index (χ2v) is 13.3. The Kier molecular flexibility index (Phi) is 16.3. The molecule has 1 aromatic carbocycles. The molecule has 0 bridgehead atoms. The number of amides is 7. The highest BCUT2D eigenvalue weighted by molar-refractivity contribution is 6.00. The maximum atomic E-state index is 14.0. The van der Waals surface area contributed by atoms with E-state index in [0.29, 0.717) is 6.42 Å². The molecule has 16 nitrogen and oxygen atoms in total. The van der Waals surface area contributed by atoms with E-state index in [2.05, 4.69) is 41.9 Å². The number of nitrogens with zero attached hydrogens (tertiary/aromatic N) is 2. The molecule has 1 aliphatic heterocycles. The third-order valence-electron chi connectivity index (χ3n) is 9.20. The average molecular weight is 744 g/mol. The van der Waals surface area contributed by atoms with Crippen LogP contribution in [0.25, 0.3) is 6.08 Å². The molecule has 1 saturated carbocycles. The van der Waals surface area contributed by atoms with Crippen molar-refractivity contribution in [2.75, 3.05) is 13.1 Å². The highest BCUT2D eigenvalue weighted by atomic mass is 16.2. The third-order valence-corrected chi connectivity index (χ3v) is 9.20. The molecule has 1 fully saturated rings. The zero-order chi connectivity index (χ0) is 38.7. The summed E-state index contributed by atoms with van der Waals surface area (Å²) in [5.74, 6) is -4.47. The van der Waals surface area contributed by atoms with Gasteiger partial charge in [-0.25, -0.2) is 4.98 Å². The van der Waals surface area contributed by atoms with E-state index >= 15 is 0 Å². The molecule has 2 aromatic rings. The zero-order valence-electron chi connectivity index (χ0n) is 30.1. The summed E-state index contributed by atoms with van der Waals surface area (Å²) >= 11 is 0. The zero-order valence-corrected chi connectivity index (χ0v) is 30.1. The fourth-order valence-corrected chi connectivity index (χ4v) is 6.29. The Morgan fingerprint density at radius 1 is 0.815 bits per heavy atom. The highest BCUT2D eigenvalue weighted by Crippen LogP contribution is 2.27. The minimum atomic E-state index is -1.18. The number of aromatic nitrogens is 2. The Labute approximate surface area is 314 Å². The number of rotatable bonds is 11. The number of nitrogens with two attached hydrogens (primary N) is 1. The SMILES string of the molecule is NC(=O)[C@@H]1CCNC(=O)[C@H](CCCNC(=O)c2cnccn2)NC(=O)[C@H](CC2CCCCC2)NC(=O)[C@H](C/C=C/c2ccccc2)NC(=O)/C=C\C(=O)N1. The molecule has 1 aliphatic carbocycles. The molecule has 54 heavy (non-hydrogen) atoms. The number of nitrogens with one attached hydrogen (secondary N) is 6. The topological polar surface area (TPSA) is 243 Å². The summed E-state index contributed by atoms with van der Waals surface area (Å²) in [6.45, 7) is 0.0611. The first-order chi connectivity index (χ1) is 26.1. The molecule has 0 spiro atoms. The third kappa shape index (κ3) is 13.9. The van der Waals surface area contributed by atoms with Crippen LogP contribution in [-0.2, 0) is 28.8 Å². The molecule has 16 heteroatoms. The predicted molar refractivity (Wildman–Crippen MR) is 199 cm³/mol. The summed E-state index contributed by atoms with van der Waals surface area (Å²) in [5, 5.41) is 16.1. The van der Waals surface area contributed by atoms with Gasteiger partial charge in [0, 0.05) is 37.6 Å². The molecule has 1 aromatic heterocycles. The van der Waals surface area contributed by atoms with Gasteiger partial charge in [0.25, 0.3) is 5.91 Å². The van der Waals surface area contributed by atoms with Crippen LogP contribution in [0.15, 0.2) is 67.2 Å². The van der Waals surface area contributed by atoms with Crippen LogP contribution in [0.4, 0.5) is 0 Å². The van der Waals surface area contributed by atoms with Crippen molar-refractivity contribution in [1.82, 2.24) is 41.9 Å². The summed E-state index contributed by atoms with van der Waals surface area (Å²) < 4.78 is 0. The van der Waals surface area contributed by atoms with Crippen molar-refractivity contribution in [2.45, 2.75) is 88.4 Å². The fraction of sp³-hybridized carbons (Fsp3) is 0.447. The summed E-state index contributed by atoms with van der Waals surface area (Å²) in [7, 11) is 0. The highest BCUT2D eigenvalue weighted by Gasteiger charge is 2.32. The standard InChI is InChI=1S/C38H49N9O7/c39-34(50)27-18-20-43-35(51)28(15-8-19-42-36(52)31-24-40-21-22-41-31)46-38(54)30(23-26-11-5-2-6-12-26)47-37(53)29(45-33(49)17-16-32(48)44-27)14-7-13-25-9-3-1-4-10-25/h1,3-4,7,9-10,13,16-17,21-22,24,26-30H,2,5-6,8,11-12,14-15,18-20,23H2,(H2,39,50)(H,42,52)(H,43,51)(H,44,48)(H,45,49)(H,46,54)(H,47,53)/b13-7+,17-16-/t27-,28-,29-,30-/m0/s1. The van der Waals surface area contributed by atoms with Crippen LogP contribution < -0.4 is 37.6 Å². The monoisotopic (exact) mass is 743 g/mol. The van der Waals surface area contributed by atoms with Crippen LogP contribution in [0, 0.1) is 5.92 Å². The summed E-state index contributed by atoms with van der Waals surface area (Å²) in [4.78, 5) is 99.6. The van der Waals surface area contributed by atoms with Gasteiger partial charge in [0.2, 0.25) is 35.4 Å². The molecular weight excluding hydrogens is 694 g/mol. The van der Waals surface area contributed by atoms with Gasteiger partial charge < -0.3 is 37.6 Å². The molecule has 288 valence electrons. The Hall–Kier alpha value is -5.93. The molecule has 8 N–H and O–H groups in total. The van der Waals surface area contributed by atoms with E-state index < -0.39 is 65.5 Å². The van der Waals surface area contributed by atoms with Crippen LogP contribution in [0.3, 0.4) is 0 Å². The molecule has 0 saturated heterocycles. The number of primary amides is 1. The van der Waals surface area contributed by atoms with Gasteiger partial charge >= 0.3 is 0 Å². The lowest BCUT2D eigenvalue weighted by atomic mass is 9.84. The van der Waals surface area contributed by atoms with Crippen LogP contribution >= 0.6 is 0 Å². The number of benzene rings is 1. The van der Waals surface area contributed by atoms with Crippen molar-refractivity contribution in [3.63, 3.8) is 0 Å². The van der Waals surface area contributed by atoms with Gasteiger partial charge in [-0.2, -0.15) is 0 Å². The van der Waals surface area contributed by atoms with Crippen LogP contribution in [0.1, 0.15) is 80.3 Å². The van der Waals surface area contributed by atoms with Crippen molar-refractivity contribution >= 4 is 47.4 Å². The number of carbonyl (C=O) groups is 7. The van der Waals surface area contributed by atoms with E-state index in [1.165, 1.54) is 18.6 Å². The smallest absolute Gasteiger partial charge is 0.271 e. The molecule has 2 heterocycles. The van der Waals surface area contributed by atoms with Crippen LogP contribution in [0.2, 0.25) is 0 Å². The normalized spacial score (nSPS) is 23.1. The molecule has 0 radical (unpaired) electrons. The lowest BCUT2D eigenvalue weighted by Crippen LogP contribution is -2.57. The van der Waals surface area contributed by atoms with Gasteiger partial charge in [0.05, 0.1) is 6.20 Å². The molecule has 7 amide bonds. The minimum Gasteiger partial charge on any atom is -0.368 e. The lowest BCUT2D eigenvalue weighted by Gasteiger charge is -2.29. The first kappa shape index (κ1) is 40.8. The van der Waals surface area contributed by atoms with Crippen LogP contribution in [-0.4, -0.2) is 88.6 Å². The first-order valence-corrected chi connectivity index (χ1v) is 18.3. The van der Waals surface area contributed by atoms with Gasteiger partial charge in [0.15, 0.2) is 0 Å². The van der Waals surface area contributed by atoms with Crippen molar-refractivity contribution in [3.05, 3.63) is 78.4 Å². The van der Waals surface area contributed by atoms with Gasteiger partial charge in [-0.15, -0.1) is 0 Å². The Balaban J connectivity index is 1.58. The average Bonchev–Trinajstić information content (AvgIpc) is 3.17. The maximum absolute atomic E-state index is 14.0. The molecule has 0 unspecified atom stereocenters. The second-order valence-electron chi connectivity index (χ2n) is 13.3. The molecule has 4 atom stereocenters. The fourth-order valence-electron chi connectivity index (χ4n) is 6.29. The van der Waals surface area contributed by atoms with E-state index in [4.69, 9.17) is 5.73 Å². The van der Waals surface area contributed by atoms with Gasteiger partial charge in [-0.05, 0) is 43.6 Å². The van der Waals surface area contributed by atoms with Crippen molar-refractivity contribution in [3.8, 4) is 0 Å². The number of hydrogen-bond acceptors (Lipinski definition) is 9. The Morgan fingerprint density at radius 3 is 2.22 bits per heavy atom. The summed E-state index contributed by atoms with van der Waals surface area (Å²) in [6.07, 6.45) is 15.0. The van der Waals surface area contributed by atoms with Crippen molar-refractivity contribution in [2.24, 2.45) is 11.7 Å². The van der Waals surface area contributed by atoms with E-state index in [9.17, 15) is 33.6 Å². The van der Waals surface area contributed by atoms with E-state index in [1.807, 2.05) is 30.3 Å². The van der Waals surface area contributed by atoms with E-state index in [1.54, 1.807) is 12.2 Å². The largest absolute Gasteiger partial charge is 0.368 e. The number of hydrogen-bond donors (Lipinski definition) is 7. The maximum Gasteiger partial charge on any atom is 0.271 e.